The Hall–Kier alpha value is -0.730. The van der Waals surface area contributed by atoms with Crippen LogP contribution in [0.5, 0.6) is 0 Å². The third-order valence-corrected chi connectivity index (χ3v) is 11.8. The maximum absolute atomic E-state index is 12.4. The summed E-state index contributed by atoms with van der Waals surface area (Å²) in [6, 6.07) is 0.424. The van der Waals surface area contributed by atoms with Crippen molar-refractivity contribution < 1.29 is 28.5 Å². The van der Waals surface area contributed by atoms with Crippen LogP contribution in [0.3, 0.4) is 0 Å². The number of rotatable bonds is 8. The third-order valence-electron chi connectivity index (χ3n) is 11.8. The fourth-order valence-corrected chi connectivity index (χ4v) is 11.5. The van der Waals surface area contributed by atoms with Crippen molar-refractivity contribution in [2.75, 3.05) is 47.6 Å². The van der Waals surface area contributed by atoms with Gasteiger partial charge < -0.3 is 23.7 Å². The number of esters is 1. The number of carbonyl (C=O) groups excluding carboxylic acids is 1. The van der Waals surface area contributed by atoms with Crippen molar-refractivity contribution in [1.29, 1.82) is 0 Å². The quantitative estimate of drug-likeness (QED) is 0.483. The maximum atomic E-state index is 12.4. The molecule has 0 aromatic carbocycles. The van der Waals surface area contributed by atoms with E-state index in [4.69, 9.17) is 23.7 Å². The van der Waals surface area contributed by atoms with E-state index in [0.717, 1.165) is 51.8 Å². The van der Waals surface area contributed by atoms with E-state index in [1.165, 1.54) is 0 Å². The second-order valence-electron chi connectivity index (χ2n) is 12.4. The summed E-state index contributed by atoms with van der Waals surface area (Å²) in [5.41, 5.74) is -0.159. The minimum Gasteiger partial charge on any atom is -0.462 e. The number of hydrogen-bond donors (Lipinski definition) is 0. The van der Waals surface area contributed by atoms with Crippen molar-refractivity contribution in [1.82, 2.24) is 4.90 Å². The topological polar surface area (TPSA) is 66.5 Å². The molecule has 0 unspecified atom stereocenters. The highest BCUT2D eigenvalue weighted by Gasteiger charge is 2.84. The zero-order valence-electron chi connectivity index (χ0n) is 22.5. The molecule has 0 aromatic heterocycles. The predicted molar refractivity (Wildman–Crippen MR) is 130 cm³/mol. The number of nitrogens with zero attached hydrogens (tertiary/aromatic N) is 1. The predicted octanol–water partition coefficient (Wildman–Crippen LogP) is 3.15. The van der Waals surface area contributed by atoms with Gasteiger partial charge in [-0.25, -0.2) is 0 Å². The summed E-state index contributed by atoms with van der Waals surface area (Å²) < 4.78 is 31.8. The van der Waals surface area contributed by atoms with E-state index < -0.39 is 0 Å². The summed E-state index contributed by atoms with van der Waals surface area (Å²) in [7, 11) is 5.62. The standard InChI is InChI=1S/C28H45NO6/c1-7-29-14-26(15-31-4)10-9-22(33-6)28-18-11-17-20(32-5)13-27(34-8-2,19(25(28)29)12-21(26)28)23(18)24(17)35-16(3)30/h17-25H,7-15H2,1-6H3/t17-,18-,19-,20+,21+,22+,23-,24-,25+,26-,27+,28+/m1/s1. The van der Waals surface area contributed by atoms with Gasteiger partial charge in [0.25, 0.3) is 0 Å². The fraction of sp³-hybridized carbons (Fsp3) is 0.964. The molecule has 0 N–H and O–H groups in total. The Morgan fingerprint density at radius 3 is 2.51 bits per heavy atom. The Morgan fingerprint density at radius 2 is 1.89 bits per heavy atom. The lowest BCUT2D eigenvalue weighted by Crippen LogP contribution is -2.76. The summed E-state index contributed by atoms with van der Waals surface area (Å²) in [6.07, 6.45) is 5.42. The molecule has 0 radical (unpaired) electrons. The molecule has 198 valence electrons. The van der Waals surface area contributed by atoms with Crippen molar-refractivity contribution in [2.24, 2.45) is 40.4 Å². The Balaban J connectivity index is 1.59. The molecule has 7 bridgehead atoms. The second-order valence-corrected chi connectivity index (χ2v) is 12.4. The summed E-state index contributed by atoms with van der Waals surface area (Å²) >= 11 is 0. The van der Waals surface area contributed by atoms with Gasteiger partial charge in [-0.15, -0.1) is 0 Å². The fourth-order valence-electron chi connectivity index (χ4n) is 11.5. The van der Waals surface area contributed by atoms with E-state index in [1.807, 2.05) is 21.3 Å². The first-order valence-electron chi connectivity index (χ1n) is 14.0. The lowest BCUT2D eigenvalue weighted by Gasteiger charge is -2.70. The second kappa shape index (κ2) is 8.39. The van der Waals surface area contributed by atoms with E-state index >= 15 is 0 Å². The first-order chi connectivity index (χ1) is 16.9. The molecule has 1 heterocycles. The van der Waals surface area contributed by atoms with Gasteiger partial charge in [0.2, 0.25) is 0 Å². The highest BCUT2D eigenvalue weighted by molar-refractivity contribution is 5.66. The Bertz CT molecular complexity index is 853. The largest absolute Gasteiger partial charge is 0.462 e. The molecular weight excluding hydrogens is 446 g/mol. The maximum Gasteiger partial charge on any atom is 0.302 e. The van der Waals surface area contributed by atoms with Crippen molar-refractivity contribution in [3.8, 4) is 0 Å². The van der Waals surface area contributed by atoms with Crippen LogP contribution in [0.4, 0.5) is 0 Å². The molecule has 1 spiro atoms. The van der Waals surface area contributed by atoms with Crippen LogP contribution in [0.1, 0.15) is 52.9 Å². The van der Waals surface area contributed by atoms with Gasteiger partial charge in [-0.1, -0.05) is 6.92 Å². The number of carbonyl (C=O) groups is 1. The average Bonchev–Trinajstić information content (AvgIpc) is 3.26. The van der Waals surface area contributed by atoms with E-state index in [-0.39, 0.29) is 52.5 Å². The Kier molecular flexibility index (Phi) is 5.89. The van der Waals surface area contributed by atoms with Crippen LogP contribution in [-0.2, 0) is 28.5 Å². The highest BCUT2D eigenvalue weighted by Crippen LogP contribution is 2.79. The SMILES string of the molecule is CCO[C@]12C[C@H](OC)[C@H]3C[C@H]([C@@H]1[C@@H]3OC(C)=O)[C@]13[C@@H](OC)CC[C@]4(COC)CN(CC)[C@H]1[C@H]2C[C@@H]43. The molecule has 7 nitrogen and oxygen atoms in total. The van der Waals surface area contributed by atoms with Gasteiger partial charge in [-0.3, -0.25) is 9.69 Å². The normalized spacial score (nSPS) is 53.6. The molecule has 5 saturated carbocycles. The van der Waals surface area contributed by atoms with Gasteiger partial charge in [-0.05, 0) is 51.0 Å². The van der Waals surface area contributed by atoms with Crippen LogP contribution in [-0.4, -0.2) is 88.5 Å². The lowest BCUT2D eigenvalue weighted by molar-refractivity contribution is -0.286. The number of piperidine rings is 1. The van der Waals surface area contributed by atoms with Gasteiger partial charge in [-0.2, -0.15) is 0 Å². The number of hydrogen-bond acceptors (Lipinski definition) is 7. The molecule has 0 amide bonds. The minimum atomic E-state index is -0.338. The third kappa shape index (κ3) is 2.83. The first-order valence-corrected chi connectivity index (χ1v) is 14.0. The zero-order valence-corrected chi connectivity index (χ0v) is 22.5. The summed E-state index contributed by atoms with van der Waals surface area (Å²) in [4.78, 5) is 15.2. The van der Waals surface area contributed by atoms with Crippen LogP contribution >= 0.6 is 0 Å². The van der Waals surface area contributed by atoms with Gasteiger partial charge in [0.1, 0.15) is 6.10 Å². The molecule has 6 rings (SSSR count). The van der Waals surface area contributed by atoms with Crippen LogP contribution in [0.15, 0.2) is 0 Å². The number of likely N-dealkylation sites (tertiary alicyclic amines) is 1. The molecule has 6 fully saturated rings. The van der Waals surface area contributed by atoms with E-state index in [9.17, 15) is 4.79 Å². The smallest absolute Gasteiger partial charge is 0.302 e. The van der Waals surface area contributed by atoms with Gasteiger partial charge >= 0.3 is 5.97 Å². The molecule has 5 aliphatic carbocycles. The number of fused-ring (bicyclic) bond motifs is 2. The van der Waals surface area contributed by atoms with Crippen molar-refractivity contribution in [3.63, 3.8) is 0 Å². The molecule has 7 heteroatoms. The monoisotopic (exact) mass is 491 g/mol. The lowest BCUT2D eigenvalue weighted by atomic mass is 9.43. The molecule has 0 aromatic rings. The Morgan fingerprint density at radius 1 is 1.09 bits per heavy atom. The van der Waals surface area contributed by atoms with Crippen molar-refractivity contribution in [3.05, 3.63) is 0 Å². The van der Waals surface area contributed by atoms with E-state index in [0.29, 0.717) is 30.4 Å². The number of ether oxygens (including phenoxy) is 5. The highest BCUT2D eigenvalue weighted by atomic mass is 16.6. The zero-order chi connectivity index (χ0) is 24.8. The first kappa shape index (κ1) is 24.6. The number of methoxy groups -OCH3 is 3. The molecule has 35 heavy (non-hydrogen) atoms. The summed E-state index contributed by atoms with van der Waals surface area (Å²) in [5.74, 6) is 1.52. The van der Waals surface area contributed by atoms with Crippen LogP contribution in [0.25, 0.3) is 0 Å². The molecule has 1 aliphatic heterocycles. The Labute approximate surface area is 210 Å². The van der Waals surface area contributed by atoms with E-state index in [2.05, 4.69) is 18.7 Å². The summed E-state index contributed by atoms with van der Waals surface area (Å²) in [6.45, 7) is 9.61. The van der Waals surface area contributed by atoms with Crippen LogP contribution in [0.2, 0.25) is 0 Å². The minimum absolute atomic E-state index is 0.0332. The molecular formula is C28H45NO6. The molecule has 6 aliphatic rings. The van der Waals surface area contributed by atoms with Crippen molar-refractivity contribution in [2.45, 2.75) is 82.8 Å². The van der Waals surface area contributed by atoms with E-state index in [1.54, 1.807) is 6.92 Å². The van der Waals surface area contributed by atoms with Crippen molar-refractivity contribution >= 4 is 5.97 Å². The van der Waals surface area contributed by atoms with Gasteiger partial charge in [0, 0.05) is 82.5 Å². The molecule has 1 saturated heterocycles. The van der Waals surface area contributed by atoms with Crippen LogP contribution in [0, 0.1) is 40.4 Å². The summed E-state index contributed by atoms with van der Waals surface area (Å²) in [5, 5.41) is 0. The molecule has 12 atom stereocenters. The van der Waals surface area contributed by atoms with Gasteiger partial charge in [0.05, 0.1) is 24.4 Å². The van der Waals surface area contributed by atoms with Gasteiger partial charge in [0.15, 0.2) is 0 Å². The average molecular weight is 492 g/mol. The van der Waals surface area contributed by atoms with Crippen LogP contribution < -0.4 is 0 Å².